The van der Waals surface area contributed by atoms with Gasteiger partial charge in [0.1, 0.15) is 12.2 Å². The van der Waals surface area contributed by atoms with Gasteiger partial charge in [-0.3, -0.25) is 0 Å². The van der Waals surface area contributed by atoms with Crippen LogP contribution in [0.3, 0.4) is 0 Å². The Bertz CT molecular complexity index is 720. The maximum atomic E-state index is 9.97. The number of alkyl halides is 1. The SMILES string of the molecule is CC(O)(CCl)COc1c(Cl)cc(C(C)(C)c2ccc(N)cc2)cc1Cl. The van der Waals surface area contributed by atoms with Crippen molar-refractivity contribution in [3.05, 3.63) is 57.6 Å². The molecule has 1 unspecified atom stereocenters. The normalized spacial score (nSPS) is 14.2. The number of nitrogen functional groups attached to an aromatic ring is 1. The van der Waals surface area contributed by atoms with Crippen molar-refractivity contribution in [3.63, 3.8) is 0 Å². The number of aliphatic hydroxyl groups is 1. The van der Waals surface area contributed by atoms with Gasteiger partial charge in [0.2, 0.25) is 0 Å². The predicted octanol–water partition coefficient (Wildman–Crippen LogP) is 5.27. The van der Waals surface area contributed by atoms with Gasteiger partial charge >= 0.3 is 0 Å². The first-order valence-corrected chi connectivity index (χ1v) is 9.12. The van der Waals surface area contributed by atoms with E-state index in [1.165, 1.54) is 0 Å². The first kappa shape index (κ1) is 20.2. The average molecular weight is 403 g/mol. The molecule has 2 aromatic rings. The third-order valence-electron chi connectivity index (χ3n) is 4.17. The van der Waals surface area contributed by atoms with Crippen LogP contribution < -0.4 is 10.5 Å². The number of ether oxygens (including phenoxy) is 1. The minimum absolute atomic E-state index is 0.00333. The van der Waals surface area contributed by atoms with Crippen LogP contribution in [0.25, 0.3) is 0 Å². The van der Waals surface area contributed by atoms with Gasteiger partial charge in [0.15, 0.2) is 5.75 Å². The van der Waals surface area contributed by atoms with Crippen molar-refractivity contribution in [2.45, 2.75) is 31.8 Å². The van der Waals surface area contributed by atoms with E-state index in [-0.39, 0.29) is 17.9 Å². The van der Waals surface area contributed by atoms with Gasteiger partial charge in [-0.15, -0.1) is 11.6 Å². The molecule has 0 aliphatic rings. The number of rotatable bonds is 6. The Morgan fingerprint density at radius 1 is 1.00 bits per heavy atom. The van der Waals surface area contributed by atoms with Crippen LogP contribution in [0.5, 0.6) is 5.75 Å². The summed E-state index contributed by atoms with van der Waals surface area (Å²) in [4.78, 5) is 0. The largest absolute Gasteiger partial charge is 0.487 e. The van der Waals surface area contributed by atoms with E-state index in [0.29, 0.717) is 21.5 Å². The zero-order chi connectivity index (χ0) is 18.8. The fraction of sp³-hybridized carbons (Fsp3) is 0.368. The number of nitrogens with two attached hydrogens (primary N) is 1. The second kappa shape index (κ2) is 7.63. The third-order valence-corrected chi connectivity index (χ3v) is 5.30. The van der Waals surface area contributed by atoms with E-state index < -0.39 is 5.60 Å². The maximum absolute atomic E-state index is 9.97. The molecule has 0 heterocycles. The molecule has 0 fully saturated rings. The topological polar surface area (TPSA) is 55.5 Å². The lowest BCUT2D eigenvalue weighted by Crippen LogP contribution is -2.34. The molecule has 0 spiro atoms. The number of anilines is 1. The molecule has 3 nitrogen and oxygen atoms in total. The average Bonchev–Trinajstić information content (AvgIpc) is 2.54. The Morgan fingerprint density at radius 2 is 1.52 bits per heavy atom. The van der Waals surface area contributed by atoms with E-state index in [1.54, 1.807) is 6.92 Å². The van der Waals surface area contributed by atoms with Gasteiger partial charge in [-0.2, -0.15) is 0 Å². The molecule has 0 aromatic heterocycles. The highest BCUT2D eigenvalue weighted by Crippen LogP contribution is 2.40. The molecule has 0 bridgehead atoms. The molecule has 136 valence electrons. The minimum atomic E-state index is -1.16. The van der Waals surface area contributed by atoms with E-state index in [0.717, 1.165) is 11.1 Å². The van der Waals surface area contributed by atoms with Crippen molar-refractivity contribution in [3.8, 4) is 5.75 Å². The highest BCUT2D eigenvalue weighted by molar-refractivity contribution is 6.37. The van der Waals surface area contributed by atoms with Crippen LogP contribution in [0.1, 0.15) is 31.9 Å². The van der Waals surface area contributed by atoms with Crippen LogP contribution >= 0.6 is 34.8 Å². The summed E-state index contributed by atoms with van der Waals surface area (Å²) < 4.78 is 5.60. The first-order chi connectivity index (χ1) is 11.6. The molecule has 2 rings (SSSR count). The van der Waals surface area contributed by atoms with Crippen molar-refractivity contribution < 1.29 is 9.84 Å². The predicted molar refractivity (Wildman–Crippen MR) is 106 cm³/mol. The van der Waals surface area contributed by atoms with E-state index in [1.807, 2.05) is 36.4 Å². The van der Waals surface area contributed by atoms with Crippen molar-refractivity contribution in [1.29, 1.82) is 0 Å². The van der Waals surface area contributed by atoms with E-state index >= 15 is 0 Å². The lowest BCUT2D eigenvalue weighted by molar-refractivity contribution is 0.0317. The summed E-state index contributed by atoms with van der Waals surface area (Å²) in [6.45, 7) is 5.75. The van der Waals surface area contributed by atoms with Crippen molar-refractivity contribution in [1.82, 2.24) is 0 Å². The number of benzene rings is 2. The number of halogens is 3. The van der Waals surface area contributed by atoms with Crippen LogP contribution in [0.15, 0.2) is 36.4 Å². The van der Waals surface area contributed by atoms with Crippen molar-refractivity contribution in [2.24, 2.45) is 0 Å². The highest BCUT2D eigenvalue weighted by Gasteiger charge is 2.26. The number of hydrogen-bond donors (Lipinski definition) is 2. The van der Waals surface area contributed by atoms with Crippen LogP contribution in [-0.4, -0.2) is 23.2 Å². The summed E-state index contributed by atoms with van der Waals surface area (Å²) in [5.74, 6) is 0.385. The smallest absolute Gasteiger partial charge is 0.156 e. The lowest BCUT2D eigenvalue weighted by atomic mass is 9.78. The quantitative estimate of drug-likeness (QED) is 0.511. The Hall–Kier alpha value is -1.13. The fourth-order valence-corrected chi connectivity index (χ4v) is 3.06. The molecule has 6 heteroatoms. The van der Waals surface area contributed by atoms with Crippen molar-refractivity contribution >= 4 is 40.5 Å². The Morgan fingerprint density at radius 3 is 2.00 bits per heavy atom. The summed E-state index contributed by atoms with van der Waals surface area (Å²) in [5.41, 5.74) is 7.04. The summed E-state index contributed by atoms with van der Waals surface area (Å²) in [6, 6.07) is 11.4. The molecular formula is C19H22Cl3NO2. The second-order valence-corrected chi connectivity index (χ2v) is 8.02. The van der Waals surface area contributed by atoms with E-state index in [9.17, 15) is 5.11 Å². The molecule has 25 heavy (non-hydrogen) atoms. The van der Waals surface area contributed by atoms with Gasteiger partial charge in [-0.1, -0.05) is 49.2 Å². The van der Waals surface area contributed by atoms with Crippen molar-refractivity contribution in [2.75, 3.05) is 18.2 Å². The molecule has 0 saturated carbocycles. The Labute approximate surface area is 163 Å². The first-order valence-electron chi connectivity index (χ1n) is 7.83. The van der Waals surface area contributed by atoms with Crippen LogP contribution in [-0.2, 0) is 5.41 Å². The van der Waals surface area contributed by atoms with Crippen LogP contribution in [0.2, 0.25) is 10.0 Å². The summed E-state index contributed by atoms with van der Waals surface area (Å²) in [7, 11) is 0. The molecule has 0 radical (unpaired) electrons. The third kappa shape index (κ3) is 4.73. The summed E-state index contributed by atoms with van der Waals surface area (Å²) in [6.07, 6.45) is 0. The molecule has 0 amide bonds. The van der Waals surface area contributed by atoms with Gasteiger partial charge in [-0.25, -0.2) is 0 Å². The van der Waals surface area contributed by atoms with E-state index in [4.69, 9.17) is 45.3 Å². The molecule has 0 aliphatic heterocycles. The molecule has 1 atom stereocenters. The zero-order valence-corrected chi connectivity index (χ0v) is 16.7. The maximum Gasteiger partial charge on any atom is 0.156 e. The minimum Gasteiger partial charge on any atom is -0.487 e. The van der Waals surface area contributed by atoms with Gasteiger partial charge in [0.25, 0.3) is 0 Å². The second-order valence-electron chi connectivity index (χ2n) is 6.94. The van der Waals surface area contributed by atoms with Crippen LogP contribution in [0.4, 0.5) is 5.69 Å². The van der Waals surface area contributed by atoms with Crippen LogP contribution in [0, 0.1) is 0 Å². The van der Waals surface area contributed by atoms with Gasteiger partial charge in [-0.05, 0) is 42.3 Å². The van der Waals surface area contributed by atoms with Gasteiger partial charge in [0.05, 0.1) is 15.9 Å². The molecule has 0 aliphatic carbocycles. The van der Waals surface area contributed by atoms with Gasteiger partial charge in [0, 0.05) is 11.1 Å². The monoisotopic (exact) mass is 401 g/mol. The summed E-state index contributed by atoms with van der Waals surface area (Å²) >= 11 is 18.5. The Balaban J connectivity index is 2.33. The Kier molecular flexibility index (Phi) is 6.16. The highest BCUT2D eigenvalue weighted by atomic mass is 35.5. The molecule has 0 saturated heterocycles. The summed E-state index contributed by atoms with van der Waals surface area (Å²) in [5, 5.41) is 10.7. The molecule has 3 N–H and O–H groups in total. The molecular weight excluding hydrogens is 381 g/mol. The lowest BCUT2D eigenvalue weighted by Gasteiger charge is -2.28. The van der Waals surface area contributed by atoms with Gasteiger partial charge < -0.3 is 15.6 Å². The zero-order valence-electron chi connectivity index (χ0n) is 14.4. The number of hydrogen-bond acceptors (Lipinski definition) is 3. The molecule has 2 aromatic carbocycles. The van der Waals surface area contributed by atoms with E-state index in [2.05, 4.69) is 13.8 Å². The standard InChI is InChI=1S/C19H22Cl3NO2/c1-18(2,12-4-6-14(23)7-5-12)13-8-15(21)17(16(22)9-13)25-11-19(3,24)10-20/h4-9,24H,10-11,23H2,1-3H3. The fourth-order valence-electron chi connectivity index (χ4n) is 2.39.